The minimum Gasteiger partial charge on any atom is -0.206 e. The molecule has 5 atom stereocenters. The molecule has 0 amide bonds. The van der Waals surface area contributed by atoms with Gasteiger partial charge in [0, 0.05) is 0 Å². The van der Waals surface area contributed by atoms with Crippen molar-refractivity contribution in [3.8, 4) is 0 Å². The Bertz CT molecular complexity index is 633. The second-order valence-corrected chi connectivity index (χ2v) is 9.97. The van der Waals surface area contributed by atoms with Crippen molar-refractivity contribution in [1.82, 2.24) is 0 Å². The van der Waals surface area contributed by atoms with Crippen LogP contribution >= 0.6 is 0 Å². The summed E-state index contributed by atoms with van der Waals surface area (Å²) in [7, 11) is 0. The number of rotatable bonds is 5. The molecule has 150 valence electrons. The summed E-state index contributed by atoms with van der Waals surface area (Å²) in [5, 5.41) is 0. The van der Waals surface area contributed by atoms with Crippen LogP contribution in [-0.4, -0.2) is 0 Å². The first kappa shape index (κ1) is 19.5. The molecule has 3 aliphatic carbocycles. The molecule has 2 fully saturated rings. The van der Waals surface area contributed by atoms with E-state index in [1.54, 1.807) is 0 Å². The maximum absolute atomic E-state index is 15.4. The minimum absolute atomic E-state index is 0.183. The molecule has 1 aromatic rings. The number of fused-ring (bicyclic) bond motifs is 2. The average Bonchev–Trinajstić information content (AvgIpc) is 2.71. The molecule has 2 saturated carbocycles. The zero-order valence-corrected chi connectivity index (χ0v) is 17.6. The van der Waals surface area contributed by atoms with Gasteiger partial charge in [-0.25, -0.2) is 4.39 Å². The first-order valence-electron chi connectivity index (χ1n) is 12.0. The number of unbranched alkanes of at least 4 members (excludes halogenated alkanes) is 1. The quantitative estimate of drug-likeness (QED) is 0.495. The third kappa shape index (κ3) is 4.13. The van der Waals surface area contributed by atoms with Gasteiger partial charge in [-0.15, -0.1) is 0 Å². The highest BCUT2D eigenvalue weighted by Crippen LogP contribution is 2.49. The van der Waals surface area contributed by atoms with Crippen molar-refractivity contribution in [3.05, 3.63) is 34.6 Å². The molecule has 0 saturated heterocycles. The molecule has 0 aromatic heterocycles. The van der Waals surface area contributed by atoms with E-state index in [2.05, 4.69) is 26.0 Å². The van der Waals surface area contributed by atoms with E-state index in [9.17, 15) is 0 Å². The standard InChI is InChI=1S/C26H39F/c1-3-5-6-19-7-9-21-17-23(11-10-20(21)16-19)25-14-12-22-15-18(4-2)8-13-24(22)26(25)27/h12,14,18-21,23H,3-11,13,15-17H2,1-2H3. The Morgan fingerprint density at radius 3 is 2.56 bits per heavy atom. The Kier molecular flexibility index (Phi) is 6.25. The van der Waals surface area contributed by atoms with Gasteiger partial charge < -0.3 is 0 Å². The molecular formula is C26H39F. The zero-order chi connectivity index (χ0) is 18.8. The third-order valence-electron chi connectivity index (χ3n) is 8.39. The van der Waals surface area contributed by atoms with E-state index < -0.39 is 0 Å². The van der Waals surface area contributed by atoms with E-state index in [0.717, 1.165) is 47.6 Å². The van der Waals surface area contributed by atoms with Gasteiger partial charge in [-0.05, 0) is 97.6 Å². The van der Waals surface area contributed by atoms with Crippen molar-refractivity contribution >= 4 is 0 Å². The van der Waals surface area contributed by atoms with Crippen LogP contribution in [0, 0.1) is 29.5 Å². The van der Waals surface area contributed by atoms with Gasteiger partial charge >= 0.3 is 0 Å². The summed E-state index contributed by atoms with van der Waals surface area (Å²) in [6, 6.07) is 4.45. The van der Waals surface area contributed by atoms with Crippen LogP contribution in [-0.2, 0) is 12.8 Å². The summed E-state index contributed by atoms with van der Waals surface area (Å²) < 4.78 is 15.4. The van der Waals surface area contributed by atoms with Crippen LogP contribution in [0.2, 0.25) is 0 Å². The summed E-state index contributed by atoms with van der Waals surface area (Å²) >= 11 is 0. The normalized spacial score (nSPS) is 33.4. The Balaban J connectivity index is 1.43. The fourth-order valence-corrected chi connectivity index (χ4v) is 6.59. The summed E-state index contributed by atoms with van der Waals surface area (Å²) in [5.74, 6) is 4.20. The topological polar surface area (TPSA) is 0 Å². The summed E-state index contributed by atoms with van der Waals surface area (Å²) in [6.45, 7) is 4.59. The lowest BCUT2D eigenvalue weighted by Gasteiger charge is -2.42. The smallest absolute Gasteiger partial charge is 0.130 e. The SMILES string of the molecule is CCCCC1CCC2CC(c3ccc4c(c3F)CCC(CC)C4)CCC2C1. The van der Waals surface area contributed by atoms with Crippen molar-refractivity contribution in [2.75, 3.05) is 0 Å². The molecule has 0 N–H and O–H groups in total. The molecule has 4 rings (SSSR count). The molecule has 0 radical (unpaired) electrons. The van der Waals surface area contributed by atoms with Gasteiger partial charge in [0.25, 0.3) is 0 Å². The highest BCUT2D eigenvalue weighted by molar-refractivity contribution is 5.38. The molecule has 1 aromatic carbocycles. The minimum atomic E-state index is 0.183. The first-order chi connectivity index (χ1) is 13.2. The summed E-state index contributed by atoms with van der Waals surface area (Å²) in [6.07, 6.45) is 16.8. The Hall–Kier alpha value is -0.850. The molecular weight excluding hydrogens is 331 g/mol. The number of hydrogen-bond donors (Lipinski definition) is 0. The molecule has 3 aliphatic rings. The van der Waals surface area contributed by atoms with Gasteiger partial charge in [0.1, 0.15) is 5.82 Å². The van der Waals surface area contributed by atoms with Crippen LogP contribution in [0.15, 0.2) is 12.1 Å². The van der Waals surface area contributed by atoms with Gasteiger partial charge in [-0.2, -0.15) is 0 Å². The van der Waals surface area contributed by atoms with Crippen LogP contribution in [0.4, 0.5) is 4.39 Å². The predicted molar refractivity (Wildman–Crippen MR) is 113 cm³/mol. The van der Waals surface area contributed by atoms with Crippen LogP contribution in [0.25, 0.3) is 0 Å². The van der Waals surface area contributed by atoms with Gasteiger partial charge in [-0.3, -0.25) is 0 Å². The highest BCUT2D eigenvalue weighted by Gasteiger charge is 2.37. The van der Waals surface area contributed by atoms with Crippen LogP contribution in [0.1, 0.15) is 107 Å². The largest absolute Gasteiger partial charge is 0.206 e. The number of halogens is 1. The Labute approximate surface area is 166 Å². The fraction of sp³-hybridized carbons (Fsp3) is 0.769. The number of hydrogen-bond acceptors (Lipinski definition) is 0. The van der Waals surface area contributed by atoms with Crippen LogP contribution in [0.5, 0.6) is 0 Å². The lowest BCUT2D eigenvalue weighted by molar-refractivity contribution is 0.112. The summed E-state index contributed by atoms with van der Waals surface area (Å²) in [4.78, 5) is 0. The Morgan fingerprint density at radius 2 is 1.74 bits per heavy atom. The molecule has 0 heterocycles. The molecule has 27 heavy (non-hydrogen) atoms. The molecule has 0 aliphatic heterocycles. The maximum Gasteiger partial charge on any atom is 0.130 e. The molecule has 0 bridgehead atoms. The second kappa shape index (κ2) is 8.66. The zero-order valence-electron chi connectivity index (χ0n) is 17.6. The van der Waals surface area contributed by atoms with Crippen molar-refractivity contribution in [3.63, 3.8) is 0 Å². The predicted octanol–water partition coefficient (Wildman–Crippen LogP) is 7.83. The molecule has 0 nitrogen and oxygen atoms in total. The Morgan fingerprint density at radius 1 is 0.926 bits per heavy atom. The van der Waals surface area contributed by atoms with E-state index >= 15 is 4.39 Å². The van der Waals surface area contributed by atoms with E-state index in [1.807, 2.05) is 0 Å². The number of benzene rings is 1. The summed E-state index contributed by atoms with van der Waals surface area (Å²) in [5.41, 5.74) is 3.44. The average molecular weight is 371 g/mol. The second-order valence-electron chi connectivity index (χ2n) is 9.97. The highest BCUT2D eigenvalue weighted by atomic mass is 19.1. The van der Waals surface area contributed by atoms with Crippen LogP contribution < -0.4 is 0 Å². The molecule has 5 unspecified atom stereocenters. The van der Waals surface area contributed by atoms with E-state index in [0.29, 0.717) is 5.92 Å². The van der Waals surface area contributed by atoms with Crippen molar-refractivity contribution < 1.29 is 4.39 Å². The van der Waals surface area contributed by atoms with Crippen LogP contribution in [0.3, 0.4) is 0 Å². The van der Waals surface area contributed by atoms with Gasteiger partial charge in [0.15, 0.2) is 0 Å². The lowest BCUT2D eigenvalue weighted by Crippen LogP contribution is -2.31. The molecule has 1 heteroatoms. The fourth-order valence-electron chi connectivity index (χ4n) is 6.59. The van der Waals surface area contributed by atoms with Gasteiger partial charge in [-0.1, -0.05) is 58.1 Å². The van der Waals surface area contributed by atoms with Gasteiger partial charge in [0.05, 0.1) is 0 Å². The first-order valence-corrected chi connectivity index (χ1v) is 12.0. The van der Waals surface area contributed by atoms with Crippen molar-refractivity contribution in [2.45, 2.75) is 103 Å². The van der Waals surface area contributed by atoms with Crippen molar-refractivity contribution in [2.24, 2.45) is 23.7 Å². The molecule has 0 spiro atoms. The van der Waals surface area contributed by atoms with Crippen molar-refractivity contribution in [1.29, 1.82) is 0 Å². The lowest BCUT2D eigenvalue weighted by atomic mass is 9.63. The third-order valence-corrected chi connectivity index (χ3v) is 8.39. The van der Waals surface area contributed by atoms with E-state index in [4.69, 9.17) is 0 Å². The monoisotopic (exact) mass is 370 g/mol. The maximum atomic E-state index is 15.4. The van der Waals surface area contributed by atoms with E-state index in [-0.39, 0.29) is 5.82 Å². The van der Waals surface area contributed by atoms with Gasteiger partial charge in [0.2, 0.25) is 0 Å². The van der Waals surface area contributed by atoms with E-state index in [1.165, 1.54) is 76.2 Å².